The number of ketones is 1. The monoisotopic (exact) mass is 383 g/mol. The zero-order valence-corrected chi connectivity index (χ0v) is 14.3. The van der Waals surface area contributed by atoms with Gasteiger partial charge in [0.05, 0.1) is 16.2 Å². The number of ether oxygens (including phenoxy) is 1. The Morgan fingerprint density at radius 1 is 1.07 bits per heavy atom. The third-order valence-electron chi connectivity index (χ3n) is 3.89. The first kappa shape index (κ1) is 18.7. The van der Waals surface area contributed by atoms with Gasteiger partial charge in [0.2, 0.25) is 0 Å². The van der Waals surface area contributed by atoms with E-state index >= 15 is 0 Å². The molecule has 2 amide bonds. The van der Waals surface area contributed by atoms with Crippen molar-refractivity contribution in [1.82, 2.24) is 0 Å². The van der Waals surface area contributed by atoms with Crippen molar-refractivity contribution in [3.8, 4) is 0 Å². The van der Waals surface area contributed by atoms with Gasteiger partial charge in [0.25, 0.3) is 23.3 Å². The Morgan fingerprint density at radius 3 is 2.43 bits per heavy atom. The predicted octanol–water partition coefficient (Wildman–Crippen LogP) is 1.31. The van der Waals surface area contributed by atoms with Crippen LogP contribution in [0.2, 0.25) is 0 Å². The Labute approximate surface area is 157 Å². The first-order chi connectivity index (χ1) is 13.4. The summed E-state index contributed by atoms with van der Waals surface area (Å²) in [4.78, 5) is 58.7. The molecule has 1 aliphatic rings. The van der Waals surface area contributed by atoms with Crippen LogP contribution in [-0.2, 0) is 19.1 Å². The molecule has 0 aromatic heterocycles. The van der Waals surface area contributed by atoms with Gasteiger partial charge in [-0.15, -0.1) is 0 Å². The molecule has 10 nitrogen and oxygen atoms in total. The van der Waals surface area contributed by atoms with E-state index in [-0.39, 0.29) is 11.3 Å². The third kappa shape index (κ3) is 3.85. The maximum atomic E-state index is 12.0. The van der Waals surface area contributed by atoms with E-state index in [1.807, 2.05) is 0 Å². The highest BCUT2D eigenvalue weighted by atomic mass is 16.6. The van der Waals surface area contributed by atoms with Crippen molar-refractivity contribution >= 4 is 40.6 Å². The fraction of sp³-hybridized carbons (Fsp3) is 0.111. The molecule has 142 valence electrons. The SMILES string of the molecule is O=C(COC(=O)CN1C(=O)C(=O)c2ccccc21)Nc1ccc([N+](=O)[O-])cc1. The molecule has 0 radical (unpaired) electrons. The smallest absolute Gasteiger partial charge is 0.326 e. The van der Waals surface area contributed by atoms with Crippen molar-refractivity contribution in [2.45, 2.75) is 0 Å². The molecule has 0 bridgehead atoms. The van der Waals surface area contributed by atoms with E-state index in [1.165, 1.54) is 36.4 Å². The number of benzene rings is 2. The van der Waals surface area contributed by atoms with Gasteiger partial charge in [-0.05, 0) is 24.3 Å². The number of para-hydroxylation sites is 1. The normalized spacial score (nSPS) is 12.5. The largest absolute Gasteiger partial charge is 0.454 e. The van der Waals surface area contributed by atoms with Crippen LogP contribution in [0.4, 0.5) is 17.1 Å². The van der Waals surface area contributed by atoms with Crippen LogP contribution in [0.5, 0.6) is 0 Å². The highest BCUT2D eigenvalue weighted by molar-refractivity contribution is 6.52. The fourth-order valence-electron chi connectivity index (χ4n) is 2.59. The van der Waals surface area contributed by atoms with E-state index in [4.69, 9.17) is 4.74 Å². The quantitative estimate of drug-likeness (QED) is 0.344. The Balaban J connectivity index is 1.53. The van der Waals surface area contributed by atoms with Gasteiger partial charge in [0.15, 0.2) is 6.61 Å². The van der Waals surface area contributed by atoms with E-state index in [9.17, 15) is 29.3 Å². The predicted molar refractivity (Wildman–Crippen MR) is 95.8 cm³/mol. The molecule has 0 aliphatic carbocycles. The van der Waals surface area contributed by atoms with Crippen LogP contribution in [0, 0.1) is 10.1 Å². The Bertz CT molecular complexity index is 985. The van der Waals surface area contributed by atoms with Crippen LogP contribution in [-0.4, -0.2) is 41.6 Å². The fourth-order valence-corrected chi connectivity index (χ4v) is 2.59. The van der Waals surface area contributed by atoms with E-state index in [0.717, 1.165) is 4.90 Å². The lowest BCUT2D eigenvalue weighted by Gasteiger charge is -2.15. The summed E-state index contributed by atoms with van der Waals surface area (Å²) < 4.78 is 4.83. The third-order valence-corrected chi connectivity index (χ3v) is 3.89. The number of rotatable bonds is 6. The molecular formula is C18H13N3O7. The minimum absolute atomic E-state index is 0.130. The topological polar surface area (TPSA) is 136 Å². The number of nitro benzene ring substituents is 1. The molecule has 2 aromatic carbocycles. The van der Waals surface area contributed by atoms with Crippen molar-refractivity contribution in [3.63, 3.8) is 0 Å². The van der Waals surface area contributed by atoms with Gasteiger partial charge in [-0.1, -0.05) is 12.1 Å². The molecule has 0 spiro atoms. The van der Waals surface area contributed by atoms with Crippen molar-refractivity contribution in [3.05, 3.63) is 64.2 Å². The first-order valence-electron chi connectivity index (χ1n) is 8.02. The average molecular weight is 383 g/mol. The summed E-state index contributed by atoms with van der Waals surface area (Å²) in [6.45, 7) is -1.13. The van der Waals surface area contributed by atoms with Crippen molar-refractivity contribution in [1.29, 1.82) is 0 Å². The lowest BCUT2D eigenvalue weighted by atomic mass is 10.1. The maximum absolute atomic E-state index is 12.0. The number of non-ortho nitro benzene ring substituents is 1. The van der Waals surface area contributed by atoms with Crippen molar-refractivity contribution < 1.29 is 28.8 Å². The van der Waals surface area contributed by atoms with Crippen LogP contribution in [0.3, 0.4) is 0 Å². The molecule has 1 N–H and O–H groups in total. The minimum Gasteiger partial charge on any atom is -0.454 e. The summed E-state index contributed by atoms with van der Waals surface area (Å²) in [5.41, 5.74) is 0.677. The summed E-state index contributed by atoms with van der Waals surface area (Å²) in [5, 5.41) is 13.0. The van der Waals surface area contributed by atoms with Gasteiger partial charge in [0.1, 0.15) is 6.54 Å². The number of amides is 2. The molecule has 0 saturated heterocycles. The van der Waals surface area contributed by atoms with Gasteiger partial charge < -0.3 is 10.1 Å². The van der Waals surface area contributed by atoms with Crippen LogP contribution in [0.25, 0.3) is 0 Å². The highest BCUT2D eigenvalue weighted by Crippen LogP contribution is 2.28. The summed E-state index contributed by atoms with van der Waals surface area (Å²) in [6, 6.07) is 11.4. The molecule has 0 atom stereocenters. The molecule has 1 heterocycles. The number of hydrogen-bond donors (Lipinski definition) is 1. The molecule has 2 aromatic rings. The maximum Gasteiger partial charge on any atom is 0.326 e. The number of esters is 1. The molecule has 3 rings (SSSR count). The minimum atomic E-state index is -0.864. The van der Waals surface area contributed by atoms with E-state index in [1.54, 1.807) is 12.1 Å². The Hall–Kier alpha value is -4.08. The number of anilines is 2. The van der Waals surface area contributed by atoms with E-state index < -0.39 is 41.6 Å². The van der Waals surface area contributed by atoms with Gasteiger partial charge >= 0.3 is 5.97 Å². The molecule has 0 fully saturated rings. The summed E-state index contributed by atoms with van der Waals surface area (Å²) in [6.07, 6.45) is 0. The molecule has 0 saturated carbocycles. The molecule has 10 heteroatoms. The zero-order chi connectivity index (χ0) is 20.3. The van der Waals surface area contributed by atoms with Crippen molar-refractivity contribution in [2.24, 2.45) is 0 Å². The van der Waals surface area contributed by atoms with Gasteiger partial charge in [0, 0.05) is 17.8 Å². The van der Waals surface area contributed by atoms with Crippen molar-refractivity contribution in [2.75, 3.05) is 23.4 Å². The molecule has 1 aliphatic heterocycles. The number of nitrogens with one attached hydrogen (secondary N) is 1. The van der Waals surface area contributed by atoms with Gasteiger partial charge in [-0.3, -0.25) is 34.2 Å². The number of nitro groups is 1. The Kier molecular flexibility index (Phi) is 5.12. The standard InChI is InChI=1S/C18H13N3O7/c22-15(19-11-5-7-12(8-6-11)21(26)27)10-28-16(23)9-20-14-4-2-1-3-13(14)17(24)18(20)25/h1-8H,9-10H2,(H,19,22). The number of Topliss-reactive ketones (excluding diaryl/α,β-unsaturated/α-hetero) is 1. The first-order valence-corrected chi connectivity index (χ1v) is 8.02. The van der Waals surface area contributed by atoms with Crippen LogP contribution in [0.1, 0.15) is 10.4 Å². The number of carbonyl (C=O) groups is 4. The number of nitrogens with zero attached hydrogens (tertiary/aromatic N) is 2. The van der Waals surface area contributed by atoms with E-state index in [0.29, 0.717) is 11.4 Å². The Morgan fingerprint density at radius 2 is 1.75 bits per heavy atom. The number of carbonyl (C=O) groups excluding carboxylic acids is 4. The average Bonchev–Trinajstić information content (AvgIpc) is 2.92. The van der Waals surface area contributed by atoms with Crippen LogP contribution >= 0.6 is 0 Å². The van der Waals surface area contributed by atoms with Gasteiger partial charge in [-0.2, -0.15) is 0 Å². The van der Waals surface area contributed by atoms with Crippen LogP contribution < -0.4 is 10.2 Å². The lowest BCUT2D eigenvalue weighted by Crippen LogP contribution is -2.36. The summed E-state index contributed by atoms with van der Waals surface area (Å²) >= 11 is 0. The second-order valence-electron chi connectivity index (χ2n) is 5.75. The number of hydrogen-bond acceptors (Lipinski definition) is 7. The second-order valence-corrected chi connectivity index (χ2v) is 5.75. The van der Waals surface area contributed by atoms with Gasteiger partial charge in [-0.25, -0.2) is 0 Å². The van der Waals surface area contributed by atoms with Crippen LogP contribution in [0.15, 0.2) is 48.5 Å². The molecule has 28 heavy (non-hydrogen) atoms. The summed E-state index contributed by atoms with van der Waals surface area (Å²) in [5.74, 6) is -3.07. The number of fused-ring (bicyclic) bond motifs is 1. The highest BCUT2D eigenvalue weighted by Gasteiger charge is 2.36. The molecule has 0 unspecified atom stereocenters. The lowest BCUT2D eigenvalue weighted by molar-refractivity contribution is -0.384. The molecular weight excluding hydrogens is 370 g/mol. The second kappa shape index (κ2) is 7.66. The zero-order valence-electron chi connectivity index (χ0n) is 14.3. The van der Waals surface area contributed by atoms with E-state index in [2.05, 4.69) is 5.32 Å². The summed E-state index contributed by atoms with van der Waals surface area (Å²) in [7, 11) is 0.